The molecule has 1 aliphatic rings. The van der Waals surface area contributed by atoms with Crippen molar-refractivity contribution in [3.05, 3.63) is 74.5 Å². The van der Waals surface area contributed by atoms with Gasteiger partial charge in [-0.25, -0.2) is 9.48 Å². The lowest BCUT2D eigenvalue weighted by atomic mass is 9.90. The largest absolute Gasteiger partial charge is 0.444 e. The predicted molar refractivity (Wildman–Crippen MR) is 148 cm³/mol. The van der Waals surface area contributed by atoms with Gasteiger partial charge in [0.2, 0.25) is 0 Å². The number of benzene rings is 2. The van der Waals surface area contributed by atoms with Crippen molar-refractivity contribution in [1.29, 1.82) is 0 Å². The minimum absolute atomic E-state index is 0.0268. The van der Waals surface area contributed by atoms with E-state index in [-0.39, 0.29) is 17.9 Å². The van der Waals surface area contributed by atoms with Crippen molar-refractivity contribution in [1.82, 2.24) is 14.7 Å². The summed E-state index contributed by atoms with van der Waals surface area (Å²) in [6, 6.07) is 10.5. The van der Waals surface area contributed by atoms with Gasteiger partial charge in [0.1, 0.15) is 5.60 Å². The van der Waals surface area contributed by atoms with Gasteiger partial charge in [-0.1, -0.05) is 40.9 Å². The van der Waals surface area contributed by atoms with Gasteiger partial charge in [-0.05, 0) is 76.4 Å². The molecular weight excluding hydrogens is 535 g/mol. The van der Waals surface area contributed by atoms with Crippen molar-refractivity contribution in [2.24, 2.45) is 0 Å². The Bertz CT molecular complexity index is 1320. The first-order chi connectivity index (χ1) is 17.4. The summed E-state index contributed by atoms with van der Waals surface area (Å²) in [5.41, 5.74) is 2.73. The molecule has 37 heavy (non-hydrogen) atoms. The van der Waals surface area contributed by atoms with E-state index in [4.69, 9.17) is 39.5 Å². The summed E-state index contributed by atoms with van der Waals surface area (Å²) in [5.74, 6) is -0.360. The molecule has 0 bridgehead atoms. The highest BCUT2D eigenvalue weighted by atomic mass is 35.5. The Hall–Kier alpha value is -2.74. The zero-order chi connectivity index (χ0) is 26.9. The van der Waals surface area contributed by atoms with Gasteiger partial charge < -0.3 is 15.0 Å². The topological polar surface area (TPSA) is 76.5 Å². The van der Waals surface area contributed by atoms with Gasteiger partial charge in [-0.15, -0.1) is 0 Å². The van der Waals surface area contributed by atoms with Crippen molar-refractivity contribution < 1.29 is 14.3 Å². The van der Waals surface area contributed by atoms with Gasteiger partial charge in [0.25, 0.3) is 5.91 Å². The second-order valence-corrected chi connectivity index (χ2v) is 11.3. The van der Waals surface area contributed by atoms with Crippen LogP contribution in [0.1, 0.15) is 61.1 Å². The standard InChI is InChI=1S/C27H29Cl3N4O3/c1-16-20(29)6-5-7-23(16)34-24(17-10-12-33(13-11-17)26(36)37-27(2,3)4)19(15-31-34)25(35)32-22-9-8-18(28)14-21(22)30/h5-9,14-15,17H,10-13H2,1-4H3,(H,32,35). The van der Waals surface area contributed by atoms with Crippen LogP contribution in [0.15, 0.2) is 42.6 Å². The summed E-state index contributed by atoms with van der Waals surface area (Å²) in [6.07, 6.45) is 2.52. The zero-order valence-corrected chi connectivity index (χ0v) is 23.4. The summed E-state index contributed by atoms with van der Waals surface area (Å²) in [6.45, 7) is 8.47. The Balaban J connectivity index is 1.67. The smallest absolute Gasteiger partial charge is 0.410 e. The molecule has 3 aromatic rings. The van der Waals surface area contributed by atoms with Crippen LogP contribution in [0.3, 0.4) is 0 Å². The summed E-state index contributed by atoms with van der Waals surface area (Å²) in [5, 5.41) is 8.91. The number of hydrogen-bond donors (Lipinski definition) is 1. The molecule has 0 saturated carbocycles. The molecule has 0 atom stereocenters. The first kappa shape index (κ1) is 27.3. The third-order valence-electron chi connectivity index (χ3n) is 6.23. The number of aromatic nitrogens is 2. The van der Waals surface area contributed by atoms with Crippen molar-refractivity contribution in [3.8, 4) is 5.69 Å². The van der Waals surface area contributed by atoms with Crippen LogP contribution >= 0.6 is 34.8 Å². The van der Waals surface area contributed by atoms with Crippen LogP contribution in [-0.2, 0) is 4.74 Å². The molecule has 2 amide bonds. The van der Waals surface area contributed by atoms with E-state index >= 15 is 0 Å². The van der Waals surface area contributed by atoms with Gasteiger partial charge in [0.05, 0.1) is 33.9 Å². The number of carbonyl (C=O) groups is 2. The molecule has 4 rings (SSSR count). The molecule has 7 nitrogen and oxygen atoms in total. The van der Waals surface area contributed by atoms with Gasteiger partial charge in [0.15, 0.2) is 0 Å². The van der Waals surface area contributed by atoms with Crippen molar-refractivity contribution >= 4 is 52.5 Å². The second-order valence-electron chi connectivity index (χ2n) is 10.1. The Morgan fingerprint density at radius 3 is 2.41 bits per heavy atom. The fourth-order valence-corrected chi connectivity index (χ4v) is 5.01. The number of piperidine rings is 1. The lowest BCUT2D eigenvalue weighted by Crippen LogP contribution is -2.41. The Kier molecular flexibility index (Phi) is 8.07. The third-order valence-corrected chi connectivity index (χ3v) is 7.19. The number of amides is 2. The van der Waals surface area contributed by atoms with Crippen LogP contribution in [0.5, 0.6) is 0 Å². The van der Waals surface area contributed by atoms with Gasteiger partial charge in [-0.3, -0.25) is 4.79 Å². The second kappa shape index (κ2) is 10.9. The summed E-state index contributed by atoms with van der Waals surface area (Å²) >= 11 is 18.7. The van der Waals surface area contributed by atoms with E-state index in [1.807, 2.05) is 45.9 Å². The lowest BCUT2D eigenvalue weighted by Gasteiger charge is -2.34. The zero-order valence-electron chi connectivity index (χ0n) is 21.1. The minimum Gasteiger partial charge on any atom is -0.444 e. The quantitative estimate of drug-likeness (QED) is 0.356. The third kappa shape index (κ3) is 6.22. The van der Waals surface area contributed by atoms with Crippen molar-refractivity contribution in [2.45, 2.75) is 52.1 Å². The van der Waals surface area contributed by atoms with Crippen LogP contribution in [0.25, 0.3) is 5.69 Å². The number of rotatable bonds is 4. The number of nitrogens with one attached hydrogen (secondary N) is 1. The molecule has 0 aliphatic carbocycles. The molecular formula is C27H29Cl3N4O3. The molecule has 1 N–H and O–H groups in total. The van der Waals surface area contributed by atoms with E-state index in [1.54, 1.807) is 34.0 Å². The summed E-state index contributed by atoms with van der Waals surface area (Å²) in [4.78, 5) is 27.8. The molecule has 1 fully saturated rings. The number of likely N-dealkylation sites (tertiary alicyclic amines) is 1. The van der Waals surface area contributed by atoms with Crippen molar-refractivity contribution in [2.75, 3.05) is 18.4 Å². The van der Waals surface area contributed by atoms with E-state index in [0.717, 1.165) is 16.9 Å². The fraction of sp³-hybridized carbons (Fsp3) is 0.370. The Labute approximate surface area is 231 Å². The summed E-state index contributed by atoms with van der Waals surface area (Å²) in [7, 11) is 0. The molecule has 0 radical (unpaired) electrons. The highest BCUT2D eigenvalue weighted by molar-refractivity contribution is 6.36. The van der Waals surface area contributed by atoms with E-state index in [2.05, 4.69) is 10.4 Å². The molecule has 0 spiro atoms. The van der Waals surface area contributed by atoms with E-state index < -0.39 is 5.60 Å². The molecule has 0 unspecified atom stereocenters. The maximum absolute atomic E-state index is 13.5. The van der Waals surface area contributed by atoms with Crippen LogP contribution in [0.4, 0.5) is 10.5 Å². The SMILES string of the molecule is Cc1c(Cl)cccc1-n1ncc(C(=O)Nc2ccc(Cl)cc2Cl)c1C1CCN(C(=O)OC(C)(C)C)CC1. The Morgan fingerprint density at radius 1 is 1.05 bits per heavy atom. The van der Waals surface area contributed by atoms with Crippen LogP contribution in [-0.4, -0.2) is 45.4 Å². The molecule has 1 aromatic heterocycles. The molecule has 1 saturated heterocycles. The fourth-order valence-electron chi connectivity index (χ4n) is 4.39. The van der Waals surface area contributed by atoms with Crippen LogP contribution < -0.4 is 5.32 Å². The molecule has 196 valence electrons. The first-order valence-corrected chi connectivity index (χ1v) is 13.2. The van der Waals surface area contributed by atoms with E-state index in [1.165, 1.54) is 0 Å². The summed E-state index contributed by atoms with van der Waals surface area (Å²) < 4.78 is 7.33. The lowest BCUT2D eigenvalue weighted by molar-refractivity contribution is 0.0203. The van der Waals surface area contributed by atoms with Crippen molar-refractivity contribution in [3.63, 3.8) is 0 Å². The molecule has 2 heterocycles. The van der Waals surface area contributed by atoms with Gasteiger partial charge in [-0.2, -0.15) is 5.10 Å². The number of halogens is 3. The highest BCUT2D eigenvalue weighted by Gasteiger charge is 2.32. The average Bonchev–Trinajstić information content (AvgIpc) is 3.26. The number of carbonyl (C=O) groups excluding carboxylic acids is 2. The maximum Gasteiger partial charge on any atom is 0.410 e. The average molecular weight is 564 g/mol. The monoisotopic (exact) mass is 562 g/mol. The highest BCUT2D eigenvalue weighted by Crippen LogP contribution is 2.35. The maximum atomic E-state index is 13.5. The Morgan fingerprint density at radius 2 is 1.76 bits per heavy atom. The van der Waals surface area contributed by atoms with E-state index in [0.29, 0.717) is 52.2 Å². The van der Waals surface area contributed by atoms with Crippen LogP contribution in [0, 0.1) is 6.92 Å². The predicted octanol–water partition coefficient (Wildman–Crippen LogP) is 7.51. The molecule has 10 heteroatoms. The van der Waals surface area contributed by atoms with E-state index in [9.17, 15) is 9.59 Å². The molecule has 1 aliphatic heterocycles. The number of hydrogen-bond acceptors (Lipinski definition) is 4. The molecule has 2 aromatic carbocycles. The first-order valence-electron chi connectivity index (χ1n) is 12.0. The number of ether oxygens (including phenoxy) is 1. The minimum atomic E-state index is -0.565. The van der Waals surface area contributed by atoms with Crippen LogP contribution in [0.2, 0.25) is 15.1 Å². The normalized spacial score (nSPS) is 14.5. The number of nitrogens with zero attached hydrogens (tertiary/aromatic N) is 3. The number of anilines is 1. The van der Waals surface area contributed by atoms with Gasteiger partial charge in [0, 0.05) is 29.1 Å². The van der Waals surface area contributed by atoms with Gasteiger partial charge >= 0.3 is 6.09 Å².